The van der Waals surface area contributed by atoms with Gasteiger partial charge in [0.15, 0.2) is 5.43 Å². The van der Waals surface area contributed by atoms with E-state index in [1.54, 1.807) is 12.1 Å². The highest BCUT2D eigenvalue weighted by molar-refractivity contribution is 5.94. The lowest BCUT2D eigenvalue weighted by atomic mass is 9.79. The molecule has 0 atom stereocenters. The summed E-state index contributed by atoms with van der Waals surface area (Å²) in [6.07, 6.45) is 1.75. The molecule has 1 aliphatic rings. The zero-order valence-corrected chi connectivity index (χ0v) is 18.8. The molecule has 1 fully saturated rings. The molecule has 0 aliphatic carbocycles. The molecule has 31 heavy (non-hydrogen) atoms. The van der Waals surface area contributed by atoms with E-state index in [0.717, 1.165) is 24.0 Å². The Morgan fingerprint density at radius 2 is 1.65 bits per heavy atom. The van der Waals surface area contributed by atoms with Gasteiger partial charge >= 0.3 is 0 Å². The smallest absolute Gasteiger partial charge is 0.251 e. The molecule has 5 heteroatoms. The highest BCUT2D eigenvalue weighted by atomic mass is 16.3. The zero-order valence-electron chi connectivity index (χ0n) is 18.8. The predicted octanol–water partition coefficient (Wildman–Crippen LogP) is 4.81. The van der Waals surface area contributed by atoms with Gasteiger partial charge in [0.1, 0.15) is 11.3 Å². The number of benzene rings is 2. The van der Waals surface area contributed by atoms with E-state index in [4.69, 9.17) is 4.42 Å². The van der Waals surface area contributed by atoms with Gasteiger partial charge in [0.05, 0.1) is 5.39 Å². The van der Waals surface area contributed by atoms with Gasteiger partial charge in [-0.25, -0.2) is 0 Å². The van der Waals surface area contributed by atoms with E-state index in [2.05, 4.69) is 38.3 Å². The Balaban J connectivity index is 1.53. The van der Waals surface area contributed by atoms with Crippen molar-refractivity contribution in [2.45, 2.75) is 64.6 Å². The van der Waals surface area contributed by atoms with Crippen molar-refractivity contribution in [3.63, 3.8) is 0 Å². The Kier molecular flexibility index (Phi) is 5.26. The highest BCUT2D eigenvalue weighted by Gasteiger charge is 2.38. The largest absolute Gasteiger partial charge is 0.456 e. The number of piperidine rings is 1. The number of fused-ring (bicyclic) bond motifs is 1. The van der Waals surface area contributed by atoms with Gasteiger partial charge in [0, 0.05) is 34.3 Å². The average molecular weight is 419 g/mol. The fourth-order valence-corrected chi connectivity index (χ4v) is 4.89. The van der Waals surface area contributed by atoms with Gasteiger partial charge in [-0.3, -0.25) is 9.59 Å². The van der Waals surface area contributed by atoms with Crippen molar-refractivity contribution in [3.05, 3.63) is 69.9 Å². The number of nitrogens with one attached hydrogen (secondary N) is 2. The van der Waals surface area contributed by atoms with E-state index in [-0.39, 0.29) is 28.5 Å². The molecule has 1 aromatic heterocycles. The van der Waals surface area contributed by atoms with Crippen molar-refractivity contribution in [1.29, 1.82) is 0 Å². The summed E-state index contributed by atoms with van der Waals surface area (Å²) >= 11 is 0. The number of rotatable bonds is 3. The number of hydrogen-bond acceptors (Lipinski definition) is 4. The van der Waals surface area contributed by atoms with Gasteiger partial charge in [0.2, 0.25) is 0 Å². The van der Waals surface area contributed by atoms with E-state index in [0.29, 0.717) is 22.3 Å². The van der Waals surface area contributed by atoms with Gasteiger partial charge in [-0.05, 0) is 71.7 Å². The van der Waals surface area contributed by atoms with Gasteiger partial charge in [-0.1, -0.05) is 23.8 Å². The minimum atomic E-state index is -0.0829. The van der Waals surface area contributed by atoms with Crippen LogP contribution in [0.15, 0.2) is 57.7 Å². The molecular formula is C26H30N2O3. The maximum absolute atomic E-state index is 12.8. The average Bonchev–Trinajstić information content (AvgIpc) is 2.66. The van der Waals surface area contributed by atoms with E-state index in [1.807, 2.05) is 37.3 Å². The summed E-state index contributed by atoms with van der Waals surface area (Å²) in [6, 6.07) is 14.4. The first-order chi connectivity index (χ1) is 14.5. The second-order valence-electron chi connectivity index (χ2n) is 10.0. The number of amides is 1. The summed E-state index contributed by atoms with van der Waals surface area (Å²) in [7, 11) is 0. The van der Waals surface area contributed by atoms with Crippen LogP contribution < -0.4 is 16.1 Å². The van der Waals surface area contributed by atoms with Crippen molar-refractivity contribution in [1.82, 2.24) is 10.6 Å². The topological polar surface area (TPSA) is 71.3 Å². The molecule has 4 rings (SSSR count). The molecule has 3 aromatic rings. The Morgan fingerprint density at radius 1 is 1.00 bits per heavy atom. The summed E-state index contributed by atoms with van der Waals surface area (Å²) in [5, 5.41) is 7.40. The Hall–Kier alpha value is -2.92. The van der Waals surface area contributed by atoms with E-state index in [1.165, 1.54) is 6.07 Å². The van der Waals surface area contributed by atoms with Crippen LogP contribution in [0, 0.1) is 6.92 Å². The molecule has 0 unspecified atom stereocenters. The predicted molar refractivity (Wildman–Crippen MR) is 124 cm³/mol. The van der Waals surface area contributed by atoms with Crippen LogP contribution in [0.2, 0.25) is 0 Å². The third-order valence-corrected chi connectivity index (χ3v) is 5.84. The van der Waals surface area contributed by atoms with Crippen LogP contribution in [0.4, 0.5) is 0 Å². The Bertz CT molecular complexity index is 1170. The third-order valence-electron chi connectivity index (χ3n) is 5.84. The Labute approximate surface area is 182 Å². The lowest BCUT2D eigenvalue weighted by Crippen LogP contribution is -2.62. The summed E-state index contributed by atoms with van der Waals surface area (Å²) in [4.78, 5) is 25.3. The van der Waals surface area contributed by atoms with Gasteiger partial charge in [-0.15, -0.1) is 0 Å². The van der Waals surface area contributed by atoms with Crippen LogP contribution in [0.25, 0.3) is 22.3 Å². The van der Waals surface area contributed by atoms with Gasteiger partial charge in [-0.2, -0.15) is 0 Å². The molecule has 162 valence electrons. The van der Waals surface area contributed by atoms with E-state index < -0.39 is 0 Å². The minimum Gasteiger partial charge on any atom is -0.456 e. The minimum absolute atomic E-state index is 0.0320. The van der Waals surface area contributed by atoms with Crippen molar-refractivity contribution in [2.75, 3.05) is 0 Å². The number of aryl methyl sites for hydroxylation is 1. The van der Waals surface area contributed by atoms with Crippen LogP contribution >= 0.6 is 0 Å². The highest BCUT2D eigenvalue weighted by Crippen LogP contribution is 2.29. The summed E-state index contributed by atoms with van der Waals surface area (Å²) < 4.78 is 5.94. The lowest BCUT2D eigenvalue weighted by molar-refractivity contribution is 0.0873. The van der Waals surface area contributed by atoms with Crippen LogP contribution in [0.3, 0.4) is 0 Å². The van der Waals surface area contributed by atoms with Gasteiger partial charge in [0.25, 0.3) is 5.91 Å². The summed E-state index contributed by atoms with van der Waals surface area (Å²) in [5.74, 6) is 0.413. The Morgan fingerprint density at radius 3 is 2.29 bits per heavy atom. The second-order valence-corrected chi connectivity index (χ2v) is 10.0. The molecule has 1 aliphatic heterocycles. The van der Waals surface area contributed by atoms with Crippen molar-refractivity contribution < 1.29 is 9.21 Å². The summed E-state index contributed by atoms with van der Waals surface area (Å²) in [5.41, 5.74) is 2.80. The lowest BCUT2D eigenvalue weighted by Gasteiger charge is -2.46. The van der Waals surface area contributed by atoms with Crippen molar-refractivity contribution >= 4 is 16.9 Å². The molecule has 2 aromatic carbocycles. The molecule has 0 radical (unpaired) electrons. The van der Waals surface area contributed by atoms with Crippen LogP contribution in [0.5, 0.6) is 0 Å². The molecule has 1 saturated heterocycles. The number of carbonyl (C=O) groups excluding carboxylic acids is 1. The molecule has 1 amide bonds. The fourth-order valence-electron chi connectivity index (χ4n) is 4.89. The first-order valence-corrected chi connectivity index (χ1v) is 10.8. The zero-order chi connectivity index (χ0) is 22.4. The van der Waals surface area contributed by atoms with Gasteiger partial charge < -0.3 is 15.1 Å². The van der Waals surface area contributed by atoms with Crippen LogP contribution in [0.1, 0.15) is 56.5 Å². The maximum atomic E-state index is 12.8. The number of carbonyl (C=O) groups is 1. The standard InChI is InChI=1S/C26H30N2O3/c1-16-6-11-22-20(12-16)21(29)13-23(31-22)17-7-9-18(10-8-17)24(30)27-19-14-25(2,3)28-26(4,5)15-19/h6-13,19,28H,14-15H2,1-5H3,(H,27,30). The molecular weight excluding hydrogens is 388 g/mol. The number of hydrogen-bond donors (Lipinski definition) is 2. The second kappa shape index (κ2) is 7.65. The monoisotopic (exact) mass is 418 g/mol. The van der Waals surface area contributed by atoms with Crippen molar-refractivity contribution in [3.8, 4) is 11.3 Å². The molecule has 0 bridgehead atoms. The van der Waals surface area contributed by atoms with Crippen LogP contribution in [-0.2, 0) is 0 Å². The fraction of sp³-hybridized carbons (Fsp3) is 0.385. The quantitative estimate of drug-likeness (QED) is 0.640. The van der Waals surface area contributed by atoms with E-state index in [9.17, 15) is 9.59 Å². The van der Waals surface area contributed by atoms with E-state index >= 15 is 0 Å². The first-order valence-electron chi connectivity index (χ1n) is 10.8. The van der Waals surface area contributed by atoms with Crippen LogP contribution in [-0.4, -0.2) is 23.0 Å². The molecule has 2 heterocycles. The SMILES string of the molecule is Cc1ccc2oc(-c3ccc(C(=O)NC4CC(C)(C)NC(C)(C)C4)cc3)cc(=O)c2c1. The molecule has 0 spiro atoms. The molecule has 2 N–H and O–H groups in total. The normalized spacial score (nSPS) is 18.1. The first kappa shape index (κ1) is 21.3. The third kappa shape index (κ3) is 4.72. The maximum Gasteiger partial charge on any atom is 0.251 e. The molecule has 5 nitrogen and oxygen atoms in total. The van der Waals surface area contributed by atoms with Crippen molar-refractivity contribution in [2.24, 2.45) is 0 Å². The molecule has 0 saturated carbocycles. The summed E-state index contributed by atoms with van der Waals surface area (Å²) in [6.45, 7) is 10.6.